The molecule has 5 heteroatoms. The molecule has 0 N–H and O–H groups in total. The molecular formula is C14H21NO4. The summed E-state index contributed by atoms with van der Waals surface area (Å²) in [6.45, 7) is 2.51. The first-order chi connectivity index (χ1) is 9.04. The Kier molecular flexibility index (Phi) is 5.48. The van der Waals surface area contributed by atoms with Crippen LogP contribution < -0.4 is 9.47 Å². The molecule has 1 rings (SSSR count). The monoisotopic (exact) mass is 267 g/mol. The van der Waals surface area contributed by atoms with Gasteiger partial charge in [-0.3, -0.25) is 0 Å². The molecule has 0 fully saturated rings. The van der Waals surface area contributed by atoms with Gasteiger partial charge in [0, 0.05) is 19.2 Å². The van der Waals surface area contributed by atoms with E-state index < -0.39 is 0 Å². The summed E-state index contributed by atoms with van der Waals surface area (Å²) in [6, 6.07) is 3.86. The molecule has 0 aliphatic rings. The van der Waals surface area contributed by atoms with E-state index in [1.54, 1.807) is 21.3 Å². The molecule has 0 heterocycles. The molecule has 0 radical (unpaired) electrons. The Bertz CT molecular complexity index is 445. The van der Waals surface area contributed by atoms with Gasteiger partial charge < -0.3 is 19.1 Å². The predicted octanol–water partition coefficient (Wildman–Crippen LogP) is 2.25. The number of hydrogen-bond acceptors (Lipinski definition) is 4. The van der Waals surface area contributed by atoms with Gasteiger partial charge in [-0.1, -0.05) is 6.07 Å². The molecule has 0 aromatic heterocycles. The highest BCUT2D eigenvalue weighted by atomic mass is 16.5. The molecule has 1 amide bonds. The highest BCUT2D eigenvalue weighted by Crippen LogP contribution is 2.31. The second kappa shape index (κ2) is 6.87. The Morgan fingerprint density at radius 1 is 1.21 bits per heavy atom. The molecule has 19 heavy (non-hydrogen) atoms. The molecule has 0 saturated carbocycles. The minimum absolute atomic E-state index is 0.343. The first kappa shape index (κ1) is 15.1. The molecule has 5 nitrogen and oxygen atoms in total. The lowest BCUT2D eigenvalue weighted by Gasteiger charge is -2.18. The fourth-order valence-corrected chi connectivity index (χ4v) is 1.97. The van der Waals surface area contributed by atoms with E-state index in [1.807, 2.05) is 19.1 Å². The Hall–Kier alpha value is -1.91. The Labute approximate surface area is 114 Å². The Balaban J connectivity index is 2.84. The summed E-state index contributed by atoms with van der Waals surface area (Å²) in [5.41, 5.74) is 2.00. The van der Waals surface area contributed by atoms with Gasteiger partial charge in [-0.05, 0) is 25.0 Å². The van der Waals surface area contributed by atoms with Crippen molar-refractivity contribution < 1.29 is 19.0 Å². The van der Waals surface area contributed by atoms with Crippen LogP contribution >= 0.6 is 0 Å². The van der Waals surface area contributed by atoms with Crippen LogP contribution in [0.25, 0.3) is 0 Å². The van der Waals surface area contributed by atoms with Gasteiger partial charge in [-0.2, -0.15) is 0 Å². The van der Waals surface area contributed by atoms with Crippen LogP contribution in [0.15, 0.2) is 12.1 Å². The summed E-state index contributed by atoms with van der Waals surface area (Å²) >= 11 is 0. The van der Waals surface area contributed by atoms with Crippen molar-refractivity contribution in [3.63, 3.8) is 0 Å². The van der Waals surface area contributed by atoms with Crippen LogP contribution in [-0.2, 0) is 11.2 Å². The van der Waals surface area contributed by atoms with Gasteiger partial charge >= 0.3 is 6.09 Å². The highest BCUT2D eigenvalue weighted by Gasteiger charge is 2.13. The maximum absolute atomic E-state index is 11.3. The number of carbonyl (C=O) groups is 1. The molecule has 1 aromatic carbocycles. The first-order valence-electron chi connectivity index (χ1n) is 6.04. The van der Waals surface area contributed by atoms with Crippen molar-refractivity contribution in [1.29, 1.82) is 0 Å². The van der Waals surface area contributed by atoms with Crippen LogP contribution in [0.2, 0.25) is 0 Å². The fourth-order valence-electron chi connectivity index (χ4n) is 1.97. The van der Waals surface area contributed by atoms with Crippen molar-refractivity contribution in [2.45, 2.75) is 13.3 Å². The highest BCUT2D eigenvalue weighted by molar-refractivity contribution is 5.67. The fraction of sp³-hybridized carbons (Fsp3) is 0.500. The molecule has 106 valence electrons. The van der Waals surface area contributed by atoms with Gasteiger partial charge in [-0.15, -0.1) is 0 Å². The van der Waals surface area contributed by atoms with Gasteiger partial charge in [0.2, 0.25) is 0 Å². The van der Waals surface area contributed by atoms with E-state index in [9.17, 15) is 4.79 Å². The molecule has 0 aliphatic carbocycles. The summed E-state index contributed by atoms with van der Waals surface area (Å²) in [4.78, 5) is 12.8. The minimum Gasteiger partial charge on any atom is -0.496 e. The van der Waals surface area contributed by atoms with E-state index >= 15 is 0 Å². The third-order valence-electron chi connectivity index (χ3n) is 3.06. The maximum atomic E-state index is 11.3. The molecular weight excluding hydrogens is 246 g/mol. The topological polar surface area (TPSA) is 48.0 Å². The summed E-state index contributed by atoms with van der Waals surface area (Å²) in [5.74, 6) is 1.60. The minimum atomic E-state index is -0.343. The van der Waals surface area contributed by atoms with Gasteiger partial charge in [0.1, 0.15) is 11.5 Å². The van der Waals surface area contributed by atoms with E-state index in [1.165, 1.54) is 12.0 Å². The van der Waals surface area contributed by atoms with E-state index in [0.29, 0.717) is 13.0 Å². The van der Waals surface area contributed by atoms with Crippen LogP contribution in [0.4, 0.5) is 4.79 Å². The van der Waals surface area contributed by atoms with Crippen molar-refractivity contribution in [1.82, 2.24) is 4.90 Å². The van der Waals surface area contributed by atoms with E-state index in [2.05, 4.69) is 4.74 Å². The van der Waals surface area contributed by atoms with E-state index in [4.69, 9.17) is 9.47 Å². The summed E-state index contributed by atoms with van der Waals surface area (Å²) in [7, 11) is 6.34. The van der Waals surface area contributed by atoms with Crippen LogP contribution in [0.3, 0.4) is 0 Å². The average Bonchev–Trinajstić information content (AvgIpc) is 2.43. The van der Waals surface area contributed by atoms with E-state index in [0.717, 1.165) is 22.6 Å². The number of carbonyl (C=O) groups excluding carboxylic acids is 1. The van der Waals surface area contributed by atoms with Crippen LogP contribution in [0, 0.1) is 6.92 Å². The molecule has 0 saturated heterocycles. The molecule has 0 unspecified atom stereocenters. The van der Waals surface area contributed by atoms with Crippen LogP contribution in [0.5, 0.6) is 11.5 Å². The van der Waals surface area contributed by atoms with Gasteiger partial charge in [0.25, 0.3) is 0 Å². The molecule has 0 atom stereocenters. The second-order valence-corrected chi connectivity index (χ2v) is 4.23. The number of amides is 1. The molecule has 0 spiro atoms. The zero-order valence-corrected chi connectivity index (χ0v) is 12.1. The number of nitrogens with zero attached hydrogens (tertiary/aromatic N) is 1. The average molecular weight is 267 g/mol. The standard InChI is InChI=1S/C14H21NO4/c1-10-12(17-3)7-6-11(13(10)18-4)8-9-15(2)14(16)19-5/h6-7H,8-9H2,1-5H3. The van der Waals surface area contributed by atoms with Crippen LogP contribution in [-0.4, -0.2) is 45.9 Å². The zero-order chi connectivity index (χ0) is 14.4. The normalized spacial score (nSPS) is 9.95. The lowest BCUT2D eigenvalue weighted by Crippen LogP contribution is -2.28. The zero-order valence-electron chi connectivity index (χ0n) is 12.1. The third kappa shape index (κ3) is 3.53. The maximum Gasteiger partial charge on any atom is 0.409 e. The smallest absolute Gasteiger partial charge is 0.409 e. The number of benzene rings is 1. The van der Waals surface area contributed by atoms with Crippen molar-refractivity contribution in [3.8, 4) is 11.5 Å². The number of likely N-dealkylation sites (N-methyl/N-ethyl adjacent to an activating group) is 1. The summed E-state index contributed by atoms with van der Waals surface area (Å²) in [6.07, 6.45) is 0.351. The number of rotatable bonds is 5. The van der Waals surface area contributed by atoms with Crippen molar-refractivity contribution >= 4 is 6.09 Å². The number of hydrogen-bond donors (Lipinski definition) is 0. The van der Waals surface area contributed by atoms with Gasteiger partial charge in [0.05, 0.1) is 21.3 Å². The lowest BCUT2D eigenvalue weighted by molar-refractivity contribution is 0.134. The predicted molar refractivity (Wildman–Crippen MR) is 73.0 cm³/mol. The summed E-state index contributed by atoms with van der Waals surface area (Å²) < 4.78 is 15.3. The van der Waals surface area contributed by atoms with Crippen molar-refractivity contribution in [2.75, 3.05) is 34.9 Å². The van der Waals surface area contributed by atoms with E-state index in [-0.39, 0.29) is 6.09 Å². The lowest BCUT2D eigenvalue weighted by atomic mass is 10.1. The molecule has 1 aromatic rings. The van der Waals surface area contributed by atoms with Gasteiger partial charge in [-0.25, -0.2) is 4.79 Å². The SMILES string of the molecule is COC(=O)N(C)CCc1ccc(OC)c(C)c1OC. The number of ether oxygens (including phenoxy) is 3. The quantitative estimate of drug-likeness (QED) is 0.821. The largest absolute Gasteiger partial charge is 0.496 e. The van der Waals surface area contributed by atoms with Crippen LogP contribution in [0.1, 0.15) is 11.1 Å². The Morgan fingerprint density at radius 3 is 2.42 bits per heavy atom. The molecule has 0 aliphatic heterocycles. The van der Waals surface area contributed by atoms with Crippen molar-refractivity contribution in [3.05, 3.63) is 23.3 Å². The molecule has 0 bridgehead atoms. The number of methoxy groups -OCH3 is 3. The van der Waals surface area contributed by atoms with Crippen molar-refractivity contribution in [2.24, 2.45) is 0 Å². The Morgan fingerprint density at radius 2 is 1.89 bits per heavy atom. The summed E-state index contributed by atoms with van der Waals surface area (Å²) in [5, 5.41) is 0. The van der Waals surface area contributed by atoms with Gasteiger partial charge in [0.15, 0.2) is 0 Å². The third-order valence-corrected chi connectivity index (χ3v) is 3.06. The first-order valence-corrected chi connectivity index (χ1v) is 6.04. The second-order valence-electron chi connectivity index (χ2n) is 4.23.